The van der Waals surface area contributed by atoms with Gasteiger partial charge in [0.2, 0.25) is 0 Å². The summed E-state index contributed by atoms with van der Waals surface area (Å²) in [5.74, 6) is -0.207. The minimum absolute atomic E-state index is 0.142. The van der Waals surface area contributed by atoms with Crippen LogP contribution in [0.2, 0.25) is 0 Å². The number of thiophene rings is 1. The first-order valence-electron chi connectivity index (χ1n) is 5.56. The van der Waals surface area contributed by atoms with Gasteiger partial charge in [-0.05, 0) is 36.2 Å². The molecule has 1 atom stereocenters. The summed E-state index contributed by atoms with van der Waals surface area (Å²) >= 11 is 1.54. The molecule has 0 spiro atoms. The SMILES string of the molecule is CNC(c1cccc(OC(F)(F)F)c1)c1cccs1. The Kier molecular flexibility index (Phi) is 4.11. The van der Waals surface area contributed by atoms with Crippen molar-refractivity contribution in [2.75, 3.05) is 7.05 Å². The van der Waals surface area contributed by atoms with Crippen molar-refractivity contribution >= 4 is 11.3 Å². The molecule has 1 aromatic heterocycles. The molecule has 1 N–H and O–H groups in total. The van der Waals surface area contributed by atoms with Crippen LogP contribution in [0.3, 0.4) is 0 Å². The van der Waals surface area contributed by atoms with Gasteiger partial charge in [0, 0.05) is 4.88 Å². The maximum atomic E-state index is 12.2. The second-order valence-electron chi connectivity index (χ2n) is 3.86. The van der Waals surface area contributed by atoms with Crippen LogP contribution in [0, 0.1) is 0 Å². The van der Waals surface area contributed by atoms with E-state index in [1.165, 1.54) is 12.1 Å². The number of hydrogen-bond donors (Lipinski definition) is 1. The second-order valence-corrected chi connectivity index (χ2v) is 4.84. The summed E-state index contributed by atoms with van der Waals surface area (Å²) in [6.07, 6.45) is -4.67. The highest BCUT2D eigenvalue weighted by Gasteiger charge is 2.31. The predicted octanol–water partition coefficient (Wildman–Crippen LogP) is 3.96. The van der Waals surface area contributed by atoms with Gasteiger partial charge in [0.1, 0.15) is 5.75 Å². The first kappa shape index (κ1) is 13.9. The average molecular weight is 287 g/mol. The fraction of sp³-hybridized carbons (Fsp3) is 0.231. The van der Waals surface area contributed by atoms with Gasteiger partial charge >= 0.3 is 6.36 Å². The molecule has 1 unspecified atom stereocenters. The van der Waals surface area contributed by atoms with Gasteiger partial charge < -0.3 is 10.1 Å². The number of rotatable bonds is 4. The molecular weight excluding hydrogens is 275 g/mol. The van der Waals surface area contributed by atoms with E-state index in [-0.39, 0.29) is 11.8 Å². The van der Waals surface area contributed by atoms with Gasteiger partial charge in [0.05, 0.1) is 6.04 Å². The molecule has 1 aromatic carbocycles. The summed E-state index contributed by atoms with van der Waals surface area (Å²) in [4.78, 5) is 1.03. The third-order valence-electron chi connectivity index (χ3n) is 2.54. The van der Waals surface area contributed by atoms with Crippen LogP contribution in [0.15, 0.2) is 41.8 Å². The van der Waals surface area contributed by atoms with E-state index in [4.69, 9.17) is 0 Å². The Morgan fingerprint density at radius 2 is 2.00 bits per heavy atom. The number of nitrogens with one attached hydrogen (secondary N) is 1. The van der Waals surface area contributed by atoms with Crippen LogP contribution in [-0.4, -0.2) is 13.4 Å². The summed E-state index contributed by atoms with van der Waals surface area (Å²) in [5.41, 5.74) is 0.728. The number of benzene rings is 1. The Labute approximate surface area is 112 Å². The van der Waals surface area contributed by atoms with E-state index in [0.717, 1.165) is 10.4 Å². The van der Waals surface area contributed by atoms with Crippen molar-refractivity contribution in [2.45, 2.75) is 12.4 Å². The fourth-order valence-electron chi connectivity index (χ4n) is 1.82. The number of alkyl halides is 3. The predicted molar refractivity (Wildman–Crippen MR) is 68.3 cm³/mol. The van der Waals surface area contributed by atoms with Gasteiger partial charge in [0.25, 0.3) is 0 Å². The molecule has 102 valence electrons. The first-order valence-corrected chi connectivity index (χ1v) is 6.44. The molecule has 2 rings (SSSR count). The molecule has 0 radical (unpaired) electrons. The van der Waals surface area contributed by atoms with E-state index < -0.39 is 6.36 Å². The normalized spacial score (nSPS) is 13.3. The molecule has 19 heavy (non-hydrogen) atoms. The van der Waals surface area contributed by atoms with Crippen LogP contribution in [-0.2, 0) is 0 Å². The van der Waals surface area contributed by atoms with Crippen LogP contribution in [0.1, 0.15) is 16.5 Å². The van der Waals surface area contributed by atoms with Crippen LogP contribution in [0.5, 0.6) is 5.75 Å². The molecule has 0 aliphatic carbocycles. The number of halogens is 3. The van der Waals surface area contributed by atoms with Crippen molar-refractivity contribution in [3.05, 3.63) is 52.2 Å². The van der Waals surface area contributed by atoms with Gasteiger partial charge in [-0.1, -0.05) is 18.2 Å². The monoisotopic (exact) mass is 287 g/mol. The smallest absolute Gasteiger partial charge is 0.406 e. The zero-order valence-electron chi connectivity index (χ0n) is 10.1. The van der Waals surface area contributed by atoms with E-state index in [1.807, 2.05) is 17.5 Å². The van der Waals surface area contributed by atoms with Crippen molar-refractivity contribution < 1.29 is 17.9 Å². The molecule has 6 heteroatoms. The van der Waals surface area contributed by atoms with Gasteiger partial charge in [-0.25, -0.2) is 0 Å². The number of ether oxygens (including phenoxy) is 1. The van der Waals surface area contributed by atoms with Gasteiger partial charge in [-0.2, -0.15) is 0 Å². The molecule has 2 aromatic rings. The van der Waals surface area contributed by atoms with Gasteiger partial charge in [0.15, 0.2) is 0 Å². The van der Waals surface area contributed by atoms with Crippen molar-refractivity contribution in [1.29, 1.82) is 0 Å². The largest absolute Gasteiger partial charge is 0.573 e. The topological polar surface area (TPSA) is 21.3 Å². The summed E-state index contributed by atoms with van der Waals surface area (Å²) in [7, 11) is 1.77. The lowest BCUT2D eigenvalue weighted by Gasteiger charge is -2.16. The Balaban J connectivity index is 2.27. The summed E-state index contributed by atoms with van der Waals surface area (Å²) in [5, 5.41) is 5.01. The third kappa shape index (κ3) is 3.71. The third-order valence-corrected chi connectivity index (χ3v) is 3.48. The Morgan fingerprint density at radius 1 is 1.21 bits per heavy atom. The van der Waals surface area contributed by atoms with Crippen molar-refractivity contribution in [3.8, 4) is 5.75 Å². The lowest BCUT2D eigenvalue weighted by atomic mass is 10.1. The van der Waals surface area contributed by atoms with Crippen molar-refractivity contribution in [2.24, 2.45) is 0 Å². The zero-order chi connectivity index (χ0) is 13.9. The van der Waals surface area contributed by atoms with Gasteiger partial charge in [-0.3, -0.25) is 0 Å². The van der Waals surface area contributed by atoms with Crippen molar-refractivity contribution in [1.82, 2.24) is 5.32 Å². The highest BCUT2D eigenvalue weighted by atomic mass is 32.1. The van der Waals surface area contributed by atoms with Crippen LogP contribution in [0.4, 0.5) is 13.2 Å². The minimum Gasteiger partial charge on any atom is -0.406 e. The fourth-order valence-corrected chi connectivity index (χ4v) is 2.68. The van der Waals surface area contributed by atoms with E-state index in [9.17, 15) is 13.2 Å². The summed E-state index contributed by atoms with van der Waals surface area (Å²) in [6, 6.07) is 9.70. The maximum Gasteiger partial charge on any atom is 0.573 e. The Hall–Kier alpha value is -1.53. The molecule has 1 heterocycles. The molecule has 0 aliphatic heterocycles. The molecule has 0 saturated carbocycles. The standard InChI is InChI=1S/C13H12F3NOS/c1-17-12(11-6-3-7-19-11)9-4-2-5-10(8-9)18-13(14,15)16/h2-8,12,17H,1H3. The quantitative estimate of drug-likeness (QED) is 0.919. The van der Waals surface area contributed by atoms with E-state index >= 15 is 0 Å². The maximum absolute atomic E-state index is 12.2. The van der Waals surface area contributed by atoms with E-state index in [0.29, 0.717) is 0 Å². The molecule has 0 amide bonds. The van der Waals surface area contributed by atoms with E-state index in [2.05, 4.69) is 10.1 Å². The molecule has 0 bridgehead atoms. The number of hydrogen-bond acceptors (Lipinski definition) is 3. The van der Waals surface area contributed by atoms with Crippen LogP contribution >= 0.6 is 11.3 Å². The highest BCUT2D eigenvalue weighted by Crippen LogP contribution is 2.29. The summed E-state index contributed by atoms with van der Waals surface area (Å²) < 4.78 is 40.5. The first-order chi connectivity index (χ1) is 8.99. The summed E-state index contributed by atoms with van der Waals surface area (Å²) in [6.45, 7) is 0. The molecule has 0 aliphatic rings. The lowest BCUT2D eigenvalue weighted by Crippen LogP contribution is -2.19. The Morgan fingerprint density at radius 3 is 2.58 bits per heavy atom. The lowest BCUT2D eigenvalue weighted by molar-refractivity contribution is -0.274. The van der Waals surface area contributed by atoms with E-state index in [1.54, 1.807) is 30.5 Å². The highest BCUT2D eigenvalue weighted by molar-refractivity contribution is 7.10. The average Bonchev–Trinajstić information content (AvgIpc) is 2.82. The molecular formula is C13H12F3NOS. The Bertz CT molecular complexity index is 525. The second kappa shape index (κ2) is 5.63. The molecule has 0 saturated heterocycles. The van der Waals surface area contributed by atoms with Gasteiger partial charge in [-0.15, -0.1) is 24.5 Å². The molecule has 2 nitrogen and oxygen atoms in total. The molecule has 0 fully saturated rings. The zero-order valence-corrected chi connectivity index (χ0v) is 10.9. The van der Waals surface area contributed by atoms with Crippen LogP contribution in [0.25, 0.3) is 0 Å². The van der Waals surface area contributed by atoms with Crippen LogP contribution < -0.4 is 10.1 Å². The minimum atomic E-state index is -4.67. The van der Waals surface area contributed by atoms with Crippen molar-refractivity contribution in [3.63, 3.8) is 0 Å².